The van der Waals surface area contributed by atoms with E-state index < -0.39 is 0 Å². The van der Waals surface area contributed by atoms with Crippen LogP contribution in [0.3, 0.4) is 0 Å². The molecule has 0 bridgehead atoms. The van der Waals surface area contributed by atoms with Crippen molar-refractivity contribution >= 4 is 16.9 Å². The normalized spacial score (nSPS) is 17.3. The Kier molecular flexibility index (Phi) is 4.94. The van der Waals surface area contributed by atoms with Crippen molar-refractivity contribution in [3.05, 3.63) is 47.5 Å². The summed E-state index contributed by atoms with van der Waals surface area (Å²) in [5.74, 6) is 1.25. The zero-order valence-electron chi connectivity index (χ0n) is 15.9. The fraction of sp³-hybridized carbons (Fsp3) is 0.450. The predicted octanol–water partition coefficient (Wildman–Crippen LogP) is 2.19. The molecular formula is C20H26N6O. The molecule has 1 aliphatic heterocycles. The molecule has 142 valence electrons. The number of hydrogen-bond donors (Lipinski definition) is 2. The van der Waals surface area contributed by atoms with Crippen molar-refractivity contribution in [1.29, 1.82) is 0 Å². The van der Waals surface area contributed by atoms with Crippen LogP contribution < -0.4 is 5.32 Å². The highest BCUT2D eigenvalue weighted by atomic mass is 16.2. The van der Waals surface area contributed by atoms with Gasteiger partial charge in [0.2, 0.25) is 5.91 Å². The Balaban J connectivity index is 1.42. The van der Waals surface area contributed by atoms with Crippen LogP contribution in [0.2, 0.25) is 0 Å². The van der Waals surface area contributed by atoms with Crippen LogP contribution in [0, 0.1) is 6.92 Å². The molecule has 1 aliphatic rings. The van der Waals surface area contributed by atoms with Crippen LogP contribution in [0.1, 0.15) is 35.8 Å². The van der Waals surface area contributed by atoms with Crippen molar-refractivity contribution in [1.82, 2.24) is 30.0 Å². The zero-order valence-corrected chi connectivity index (χ0v) is 15.9. The quantitative estimate of drug-likeness (QED) is 0.726. The van der Waals surface area contributed by atoms with Crippen molar-refractivity contribution in [2.75, 3.05) is 20.1 Å². The first-order chi connectivity index (χ1) is 13.1. The molecule has 0 radical (unpaired) electrons. The smallest absolute Gasteiger partial charge is 0.244 e. The van der Waals surface area contributed by atoms with Crippen LogP contribution in [0.15, 0.2) is 30.5 Å². The fourth-order valence-electron chi connectivity index (χ4n) is 3.74. The van der Waals surface area contributed by atoms with E-state index in [0.29, 0.717) is 12.5 Å². The third kappa shape index (κ3) is 3.88. The van der Waals surface area contributed by atoms with Crippen molar-refractivity contribution in [3.8, 4) is 0 Å². The van der Waals surface area contributed by atoms with Crippen LogP contribution in [0.4, 0.5) is 0 Å². The molecule has 1 saturated heterocycles. The summed E-state index contributed by atoms with van der Waals surface area (Å²) >= 11 is 0. The van der Waals surface area contributed by atoms with E-state index in [-0.39, 0.29) is 12.5 Å². The van der Waals surface area contributed by atoms with Gasteiger partial charge in [0, 0.05) is 31.4 Å². The molecule has 0 spiro atoms. The summed E-state index contributed by atoms with van der Waals surface area (Å²) in [6, 6.07) is 8.15. The number of carbonyl (C=O) groups is 1. The third-order valence-corrected chi connectivity index (χ3v) is 5.25. The number of piperidine rings is 1. The average molecular weight is 366 g/mol. The first-order valence-electron chi connectivity index (χ1n) is 9.52. The summed E-state index contributed by atoms with van der Waals surface area (Å²) in [5, 5.41) is 7.81. The summed E-state index contributed by atoms with van der Waals surface area (Å²) < 4.78 is 1.85. The maximum absolute atomic E-state index is 12.7. The Hall–Kier alpha value is -2.67. The van der Waals surface area contributed by atoms with Gasteiger partial charge in [-0.2, -0.15) is 5.10 Å². The number of aromatic nitrogens is 4. The molecule has 1 fully saturated rings. The van der Waals surface area contributed by atoms with Gasteiger partial charge in [-0.3, -0.25) is 9.48 Å². The SMILES string of the molecule is Cc1ccc2nc(CN(C)C(=O)Cn3nccc3[C@H]3CCCNC3)[nH]c2c1. The zero-order chi connectivity index (χ0) is 18.8. The van der Waals surface area contributed by atoms with Crippen molar-refractivity contribution in [2.24, 2.45) is 0 Å². The monoisotopic (exact) mass is 366 g/mol. The van der Waals surface area contributed by atoms with Crippen molar-refractivity contribution in [2.45, 2.75) is 38.8 Å². The van der Waals surface area contributed by atoms with Gasteiger partial charge in [-0.15, -0.1) is 0 Å². The van der Waals surface area contributed by atoms with Crippen LogP contribution >= 0.6 is 0 Å². The maximum atomic E-state index is 12.7. The fourth-order valence-corrected chi connectivity index (χ4v) is 3.74. The molecule has 4 rings (SSSR count). The number of likely N-dealkylation sites (N-methyl/N-ethyl adjacent to an activating group) is 1. The topological polar surface area (TPSA) is 78.8 Å². The molecular weight excluding hydrogens is 340 g/mol. The van der Waals surface area contributed by atoms with E-state index in [9.17, 15) is 4.79 Å². The van der Waals surface area contributed by atoms with E-state index >= 15 is 0 Å². The standard InChI is InChI=1S/C20H26N6O/c1-14-5-6-16-17(10-14)24-19(23-16)12-25(2)20(27)13-26-18(7-9-22-26)15-4-3-8-21-11-15/h5-7,9-10,15,21H,3-4,8,11-13H2,1-2H3,(H,23,24)/t15-/m0/s1. The highest BCUT2D eigenvalue weighted by molar-refractivity contribution is 5.77. The van der Waals surface area contributed by atoms with Crippen LogP contribution in [0.25, 0.3) is 11.0 Å². The van der Waals surface area contributed by atoms with Crippen LogP contribution in [-0.4, -0.2) is 50.7 Å². The summed E-state index contributed by atoms with van der Waals surface area (Å²) in [6.07, 6.45) is 4.09. The molecule has 27 heavy (non-hydrogen) atoms. The minimum absolute atomic E-state index is 0.0281. The second-order valence-corrected chi connectivity index (χ2v) is 7.41. The molecule has 1 aromatic carbocycles. The summed E-state index contributed by atoms with van der Waals surface area (Å²) in [6.45, 7) is 4.79. The van der Waals surface area contributed by atoms with E-state index in [1.165, 1.54) is 5.56 Å². The number of aryl methyl sites for hydroxylation is 1. The third-order valence-electron chi connectivity index (χ3n) is 5.25. The molecule has 3 heterocycles. The molecule has 7 heteroatoms. The van der Waals surface area contributed by atoms with E-state index in [4.69, 9.17) is 0 Å². The Morgan fingerprint density at radius 3 is 3.07 bits per heavy atom. The lowest BCUT2D eigenvalue weighted by atomic mass is 9.96. The number of benzene rings is 1. The Bertz CT molecular complexity index is 937. The number of rotatable bonds is 5. The number of imidazole rings is 1. The molecule has 1 amide bonds. The van der Waals surface area contributed by atoms with E-state index in [1.807, 2.05) is 29.9 Å². The Labute approximate surface area is 158 Å². The molecule has 2 N–H and O–H groups in total. The van der Waals surface area contributed by atoms with Crippen molar-refractivity contribution < 1.29 is 4.79 Å². The number of carbonyl (C=O) groups excluding carboxylic acids is 1. The van der Waals surface area contributed by atoms with Gasteiger partial charge < -0.3 is 15.2 Å². The molecule has 3 aromatic rings. The van der Waals surface area contributed by atoms with E-state index in [0.717, 1.165) is 48.5 Å². The number of amides is 1. The van der Waals surface area contributed by atoms with Gasteiger partial charge in [-0.25, -0.2) is 4.98 Å². The van der Waals surface area contributed by atoms with Crippen molar-refractivity contribution in [3.63, 3.8) is 0 Å². The van der Waals surface area contributed by atoms with E-state index in [1.54, 1.807) is 11.1 Å². The summed E-state index contributed by atoms with van der Waals surface area (Å²) in [7, 11) is 1.81. The van der Waals surface area contributed by atoms with Gasteiger partial charge in [0.15, 0.2) is 0 Å². The van der Waals surface area contributed by atoms with Crippen LogP contribution in [0.5, 0.6) is 0 Å². The van der Waals surface area contributed by atoms with Gasteiger partial charge in [-0.1, -0.05) is 6.07 Å². The summed E-state index contributed by atoms with van der Waals surface area (Å²) in [5.41, 5.74) is 4.26. The number of H-pyrrole nitrogens is 1. The Morgan fingerprint density at radius 2 is 2.26 bits per heavy atom. The molecule has 1 atom stereocenters. The summed E-state index contributed by atoms with van der Waals surface area (Å²) in [4.78, 5) is 22.3. The second-order valence-electron chi connectivity index (χ2n) is 7.41. The lowest BCUT2D eigenvalue weighted by Gasteiger charge is -2.24. The first-order valence-corrected chi connectivity index (χ1v) is 9.52. The largest absolute Gasteiger partial charge is 0.340 e. The average Bonchev–Trinajstić information content (AvgIpc) is 3.28. The minimum atomic E-state index is 0.0281. The molecule has 0 unspecified atom stereocenters. The number of nitrogens with zero attached hydrogens (tertiary/aromatic N) is 4. The predicted molar refractivity (Wildman–Crippen MR) is 104 cm³/mol. The van der Waals surface area contributed by atoms with Gasteiger partial charge in [0.05, 0.1) is 17.6 Å². The lowest BCUT2D eigenvalue weighted by Crippen LogP contribution is -2.33. The molecule has 7 nitrogen and oxygen atoms in total. The second kappa shape index (κ2) is 7.52. The van der Waals surface area contributed by atoms with Crippen LogP contribution in [-0.2, 0) is 17.9 Å². The first kappa shape index (κ1) is 17.7. The molecule has 2 aromatic heterocycles. The van der Waals surface area contributed by atoms with E-state index in [2.05, 4.69) is 33.4 Å². The number of fused-ring (bicyclic) bond motifs is 1. The number of nitrogens with one attached hydrogen (secondary N) is 2. The molecule has 0 saturated carbocycles. The minimum Gasteiger partial charge on any atom is -0.340 e. The number of aromatic amines is 1. The molecule has 0 aliphatic carbocycles. The van der Waals surface area contributed by atoms with Gasteiger partial charge in [-0.05, 0) is 50.1 Å². The van der Waals surface area contributed by atoms with Gasteiger partial charge in [0.1, 0.15) is 12.4 Å². The highest BCUT2D eigenvalue weighted by Gasteiger charge is 2.21. The van der Waals surface area contributed by atoms with Gasteiger partial charge >= 0.3 is 0 Å². The lowest BCUT2D eigenvalue weighted by molar-refractivity contribution is -0.131. The van der Waals surface area contributed by atoms with Gasteiger partial charge in [0.25, 0.3) is 0 Å². The maximum Gasteiger partial charge on any atom is 0.244 e. The highest BCUT2D eigenvalue weighted by Crippen LogP contribution is 2.23. The Morgan fingerprint density at radius 1 is 1.37 bits per heavy atom. The number of hydrogen-bond acceptors (Lipinski definition) is 4.